The van der Waals surface area contributed by atoms with Crippen LogP contribution in [0.1, 0.15) is 12.5 Å². The number of morpholine rings is 1. The molecule has 1 aromatic carbocycles. The van der Waals surface area contributed by atoms with Gasteiger partial charge in [-0.05, 0) is 32.0 Å². The molecular weight excluding hydrogens is 288 g/mol. The molecule has 5 nitrogen and oxygen atoms in total. The Hall–Kier alpha value is -2.40. The Morgan fingerprint density at radius 2 is 2.00 bits per heavy atom. The van der Waals surface area contributed by atoms with Gasteiger partial charge in [0.15, 0.2) is 5.82 Å². The number of nitrogens with zero attached hydrogens (tertiary/aromatic N) is 4. The number of ether oxygens (including phenoxy) is 1. The summed E-state index contributed by atoms with van der Waals surface area (Å²) in [6.07, 6.45) is 3.72. The molecule has 1 aliphatic heterocycles. The van der Waals surface area contributed by atoms with Gasteiger partial charge in [0.25, 0.3) is 0 Å². The van der Waals surface area contributed by atoms with Gasteiger partial charge in [0.05, 0.1) is 36.7 Å². The minimum absolute atomic E-state index is 0.321. The molecule has 1 saturated heterocycles. The van der Waals surface area contributed by atoms with Crippen LogP contribution in [0.3, 0.4) is 0 Å². The molecule has 1 unspecified atom stereocenters. The minimum atomic E-state index is 0.321. The maximum atomic E-state index is 5.56. The molecule has 23 heavy (non-hydrogen) atoms. The second kappa shape index (κ2) is 5.66. The first-order chi connectivity index (χ1) is 11.2. The lowest BCUT2D eigenvalue weighted by atomic mass is 10.2. The maximum absolute atomic E-state index is 5.56. The smallest absolute Gasteiger partial charge is 0.159 e. The number of benzene rings is 1. The molecule has 0 aliphatic carbocycles. The first-order valence-electron chi connectivity index (χ1n) is 7.98. The Kier molecular flexibility index (Phi) is 3.50. The van der Waals surface area contributed by atoms with Crippen molar-refractivity contribution in [1.29, 1.82) is 0 Å². The lowest BCUT2D eigenvalue weighted by molar-refractivity contribution is 0.0986. The van der Waals surface area contributed by atoms with Gasteiger partial charge in [0.1, 0.15) is 0 Å². The fourth-order valence-corrected chi connectivity index (χ4v) is 3.08. The quantitative estimate of drug-likeness (QED) is 0.730. The van der Waals surface area contributed by atoms with Gasteiger partial charge in [-0.1, -0.05) is 17.7 Å². The van der Waals surface area contributed by atoms with Gasteiger partial charge >= 0.3 is 0 Å². The van der Waals surface area contributed by atoms with Crippen molar-refractivity contribution in [3.63, 3.8) is 0 Å². The van der Waals surface area contributed by atoms with Gasteiger partial charge in [-0.25, -0.2) is 4.68 Å². The Bertz CT molecular complexity index is 825. The van der Waals surface area contributed by atoms with Crippen LogP contribution in [-0.4, -0.2) is 40.6 Å². The van der Waals surface area contributed by atoms with Crippen molar-refractivity contribution in [2.45, 2.75) is 19.9 Å². The van der Waals surface area contributed by atoms with E-state index in [1.807, 2.05) is 23.1 Å². The van der Waals surface area contributed by atoms with Crippen molar-refractivity contribution in [2.75, 3.05) is 24.7 Å². The lowest BCUT2D eigenvalue weighted by Crippen LogP contribution is -2.44. The predicted octanol–water partition coefficient (Wildman–Crippen LogP) is 2.95. The molecule has 0 saturated carbocycles. The van der Waals surface area contributed by atoms with Crippen molar-refractivity contribution in [2.24, 2.45) is 0 Å². The van der Waals surface area contributed by atoms with Crippen LogP contribution in [-0.2, 0) is 4.74 Å². The van der Waals surface area contributed by atoms with E-state index in [1.165, 1.54) is 5.56 Å². The van der Waals surface area contributed by atoms with Gasteiger partial charge < -0.3 is 9.64 Å². The Labute approximate surface area is 135 Å². The molecule has 3 aromatic rings. The zero-order valence-corrected chi connectivity index (χ0v) is 13.4. The minimum Gasteiger partial charge on any atom is -0.377 e. The number of aryl methyl sites for hydroxylation is 1. The first kappa shape index (κ1) is 14.2. The van der Waals surface area contributed by atoms with E-state index in [2.05, 4.69) is 48.0 Å². The number of rotatable bonds is 2. The van der Waals surface area contributed by atoms with Gasteiger partial charge in [0.2, 0.25) is 0 Å². The van der Waals surface area contributed by atoms with E-state index >= 15 is 0 Å². The highest BCUT2D eigenvalue weighted by molar-refractivity contribution is 5.91. The summed E-state index contributed by atoms with van der Waals surface area (Å²) in [6, 6.07) is 10.8. The van der Waals surface area contributed by atoms with E-state index in [0.717, 1.165) is 42.2 Å². The third kappa shape index (κ3) is 2.47. The van der Waals surface area contributed by atoms with E-state index in [9.17, 15) is 0 Å². The number of hydrogen-bond acceptors (Lipinski definition) is 4. The second-order valence-electron chi connectivity index (χ2n) is 6.08. The van der Waals surface area contributed by atoms with E-state index in [1.54, 1.807) is 0 Å². The van der Waals surface area contributed by atoms with Crippen LogP contribution in [0.4, 0.5) is 5.82 Å². The Balaban J connectivity index is 1.87. The van der Waals surface area contributed by atoms with Crippen LogP contribution in [0.5, 0.6) is 0 Å². The Morgan fingerprint density at radius 1 is 1.17 bits per heavy atom. The number of anilines is 1. The topological polar surface area (TPSA) is 43.2 Å². The van der Waals surface area contributed by atoms with Crippen molar-refractivity contribution < 1.29 is 4.74 Å². The van der Waals surface area contributed by atoms with Crippen LogP contribution in [0, 0.1) is 6.92 Å². The molecule has 0 amide bonds. The summed E-state index contributed by atoms with van der Waals surface area (Å²) in [4.78, 5) is 6.62. The average Bonchev–Trinajstić information content (AvgIpc) is 2.96. The first-order valence-corrected chi connectivity index (χ1v) is 7.98. The summed E-state index contributed by atoms with van der Waals surface area (Å²) in [5.41, 5.74) is 3.33. The van der Waals surface area contributed by atoms with Crippen molar-refractivity contribution in [1.82, 2.24) is 14.8 Å². The van der Waals surface area contributed by atoms with Crippen LogP contribution < -0.4 is 4.90 Å². The van der Waals surface area contributed by atoms with Crippen LogP contribution in [0.2, 0.25) is 0 Å². The average molecular weight is 308 g/mol. The summed E-state index contributed by atoms with van der Waals surface area (Å²) >= 11 is 0. The van der Waals surface area contributed by atoms with Gasteiger partial charge in [-0.3, -0.25) is 4.98 Å². The van der Waals surface area contributed by atoms with Crippen LogP contribution in [0.15, 0.2) is 42.7 Å². The summed E-state index contributed by atoms with van der Waals surface area (Å²) < 4.78 is 7.55. The van der Waals surface area contributed by atoms with Gasteiger partial charge in [-0.15, -0.1) is 5.10 Å². The SMILES string of the molecule is Cc1ccc(-n2nc(N3CCOCC3C)c3ccncc32)cc1. The molecule has 0 spiro atoms. The molecule has 0 N–H and O–H groups in total. The van der Waals surface area contributed by atoms with Crippen LogP contribution in [0.25, 0.3) is 16.6 Å². The fraction of sp³-hybridized carbons (Fsp3) is 0.333. The van der Waals surface area contributed by atoms with Crippen molar-refractivity contribution in [3.05, 3.63) is 48.3 Å². The molecule has 1 atom stereocenters. The Morgan fingerprint density at radius 3 is 2.78 bits per heavy atom. The number of aromatic nitrogens is 3. The van der Waals surface area contributed by atoms with E-state index < -0.39 is 0 Å². The second-order valence-corrected chi connectivity index (χ2v) is 6.08. The molecule has 0 radical (unpaired) electrons. The van der Waals surface area contributed by atoms with Crippen LogP contribution >= 0.6 is 0 Å². The van der Waals surface area contributed by atoms with E-state index in [4.69, 9.17) is 9.84 Å². The molecule has 5 heteroatoms. The predicted molar refractivity (Wildman–Crippen MR) is 91.2 cm³/mol. The zero-order valence-electron chi connectivity index (χ0n) is 13.4. The third-order valence-electron chi connectivity index (χ3n) is 4.38. The molecule has 1 aliphatic rings. The van der Waals surface area contributed by atoms with Gasteiger partial charge in [-0.2, -0.15) is 0 Å². The lowest BCUT2D eigenvalue weighted by Gasteiger charge is -2.33. The molecule has 4 rings (SSSR count). The van der Waals surface area contributed by atoms with E-state index in [-0.39, 0.29) is 0 Å². The molecule has 0 bridgehead atoms. The number of pyridine rings is 1. The molecular formula is C18H20N4O. The molecule has 1 fully saturated rings. The monoisotopic (exact) mass is 308 g/mol. The zero-order chi connectivity index (χ0) is 15.8. The summed E-state index contributed by atoms with van der Waals surface area (Å²) in [5, 5.41) is 6.04. The van der Waals surface area contributed by atoms with Gasteiger partial charge in [0, 0.05) is 18.1 Å². The number of hydrogen-bond donors (Lipinski definition) is 0. The highest BCUT2D eigenvalue weighted by atomic mass is 16.5. The van der Waals surface area contributed by atoms with E-state index in [0.29, 0.717) is 6.04 Å². The highest BCUT2D eigenvalue weighted by Crippen LogP contribution is 2.29. The summed E-state index contributed by atoms with van der Waals surface area (Å²) in [7, 11) is 0. The normalized spacial score (nSPS) is 18.5. The number of fused-ring (bicyclic) bond motifs is 1. The van der Waals surface area contributed by atoms with Crippen molar-refractivity contribution >= 4 is 16.7 Å². The maximum Gasteiger partial charge on any atom is 0.159 e. The summed E-state index contributed by atoms with van der Waals surface area (Å²) in [6.45, 7) is 6.62. The highest BCUT2D eigenvalue weighted by Gasteiger charge is 2.24. The third-order valence-corrected chi connectivity index (χ3v) is 4.38. The molecule has 2 aromatic heterocycles. The molecule has 118 valence electrons. The fourth-order valence-electron chi connectivity index (χ4n) is 3.08. The van der Waals surface area contributed by atoms with Crippen molar-refractivity contribution in [3.8, 4) is 5.69 Å². The standard InChI is InChI=1S/C18H20N4O/c1-13-3-5-15(6-4-13)22-17-11-19-8-7-16(17)18(20-22)21-9-10-23-12-14(21)2/h3-8,11,14H,9-10,12H2,1-2H3. The molecule has 3 heterocycles. The summed E-state index contributed by atoms with van der Waals surface area (Å²) in [5.74, 6) is 1.01. The largest absolute Gasteiger partial charge is 0.377 e.